The zero-order chi connectivity index (χ0) is 17.5. The van der Waals surface area contributed by atoms with Crippen LogP contribution in [0.3, 0.4) is 0 Å². The van der Waals surface area contributed by atoms with Gasteiger partial charge in [0.1, 0.15) is 0 Å². The number of aliphatic hydroxyl groups is 1. The van der Waals surface area contributed by atoms with Crippen molar-refractivity contribution >= 4 is 32.9 Å². The van der Waals surface area contributed by atoms with Gasteiger partial charge in [-0.05, 0) is 41.8 Å². The summed E-state index contributed by atoms with van der Waals surface area (Å²) < 4.78 is 3.09. The monoisotopic (exact) mass is 392 g/mol. The SMILES string of the molecule is Nc1nc2cc(CO)ccc2n1CCc1ccc(Br)cc1.O=NO. The normalized spacial score (nSPS) is 10.2. The second-order valence-electron chi connectivity index (χ2n) is 5.06. The minimum atomic E-state index is 0.0155. The van der Waals surface area contributed by atoms with Crippen molar-refractivity contribution in [1.82, 2.24) is 9.55 Å². The van der Waals surface area contributed by atoms with Crippen LogP contribution < -0.4 is 5.73 Å². The Labute approximate surface area is 146 Å². The van der Waals surface area contributed by atoms with Crippen molar-refractivity contribution in [2.24, 2.45) is 5.34 Å². The van der Waals surface area contributed by atoms with Crippen LogP contribution in [0.4, 0.5) is 5.95 Å². The van der Waals surface area contributed by atoms with Crippen LogP contribution in [0.5, 0.6) is 0 Å². The molecule has 0 atom stereocenters. The lowest BCUT2D eigenvalue weighted by Crippen LogP contribution is -2.05. The summed E-state index contributed by atoms with van der Waals surface area (Å²) in [7, 11) is 0. The van der Waals surface area contributed by atoms with E-state index in [2.05, 4.69) is 33.0 Å². The van der Waals surface area contributed by atoms with E-state index in [-0.39, 0.29) is 6.61 Å². The summed E-state index contributed by atoms with van der Waals surface area (Å²) >= 11 is 3.44. The van der Waals surface area contributed by atoms with E-state index in [0.29, 0.717) is 5.95 Å². The maximum atomic E-state index is 9.18. The molecule has 3 rings (SSSR count). The Morgan fingerprint density at radius 2 is 1.79 bits per heavy atom. The van der Waals surface area contributed by atoms with Crippen molar-refractivity contribution in [2.75, 3.05) is 5.73 Å². The molecule has 2 aromatic carbocycles. The van der Waals surface area contributed by atoms with Gasteiger partial charge in [-0.2, -0.15) is 0 Å². The first-order valence-electron chi connectivity index (χ1n) is 7.15. The molecule has 0 aliphatic carbocycles. The number of imidazole rings is 1. The molecular formula is C16H17BrN4O3. The van der Waals surface area contributed by atoms with Gasteiger partial charge in [0.2, 0.25) is 5.95 Å². The second-order valence-corrected chi connectivity index (χ2v) is 5.98. The zero-order valence-corrected chi connectivity index (χ0v) is 14.3. The molecule has 0 aliphatic rings. The number of aryl methyl sites for hydroxylation is 2. The van der Waals surface area contributed by atoms with Gasteiger partial charge in [0.15, 0.2) is 5.34 Å². The van der Waals surface area contributed by atoms with E-state index < -0.39 is 0 Å². The summed E-state index contributed by atoms with van der Waals surface area (Å²) in [6.07, 6.45) is 0.894. The number of benzene rings is 2. The van der Waals surface area contributed by atoms with Crippen molar-refractivity contribution in [1.29, 1.82) is 0 Å². The first kappa shape index (κ1) is 17.9. The Hall–Kier alpha value is -2.45. The highest BCUT2D eigenvalue weighted by Gasteiger charge is 2.08. The van der Waals surface area contributed by atoms with Crippen LogP contribution in [0.15, 0.2) is 52.3 Å². The average molecular weight is 393 g/mol. The van der Waals surface area contributed by atoms with Crippen LogP contribution in [-0.2, 0) is 19.6 Å². The molecule has 0 saturated carbocycles. The molecule has 1 aromatic heterocycles. The lowest BCUT2D eigenvalue weighted by atomic mass is 10.1. The largest absolute Gasteiger partial charge is 0.392 e. The second kappa shape index (κ2) is 8.42. The van der Waals surface area contributed by atoms with Crippen molar-refractivity contribution in [3.63, 3.8) is 0 Å². The number of aliphatic hydroxyl groups excluding tert-OH is 1. The van der Waals surface area contributed by atoms with Gasteiger partial charge in [-0.1, -0.05) is 34.1 Å². The molecule has 0 unspecified atom stereocenters. The molecule has 126 valence electrons. The number of rotatable bonds is 4. The van der Waals surface area contributed by atoms with Gasteiger partial charge in [-0.3, -0.25) is 0 Å². The van der Waals surface area contributed by atoms with Gasteiger partial charge in [-0.25, -0.2) is 4.98 Å². The van der Waals surface area contributed by atoms with E-state index in [1.807, 2.05) is 34.9 Å². The topological polar surface area (TPSA) is 114 Å². The maximum Gasteiger partial charge on any atom is 0.201 e. The van der Waals surface area contributed by atoms with Crippen LogP contribution in [0.1, 0.15) is 11.1 Å². The van der Waals surface area contributed by atoms with Gasteiger partial charge in [0, 0.05) is 11.0 Å². The van der Waals surface area contributed by atoms with Crippen molar-refractivity contribution in [3.05, 3.63) is 63.0 Å². The highest BCUT2D eigenvalue weighted by molar-refractivity contribution is 9.10. The van der Waals surface area contributed by atoms with Crippen molar-refractivity contribution in [2.45, 2.75) is 19.6 Å². The van der Waals surface area contributed by atoms with Crippen molar-refractivity contribution < 1.29 is 10.3 Å². The molecule has 3 aromatic rings. The van der Waals surface area contributed by atoms with E-state index in [1.165, 1.54) is 10.9 Å². The molecule has 8 heteroatoms. The summed E-state index contributed by atoms with van der Waals surface area (Å²) in [5.74, 6) is 0.511. The first-order chi connectivity index (χ1) is 11.6. The van der Waals surface area contributed by atoms with Gasteiger partial charge in [0.25, 0.3) is 0 Å². The molecule has 0 fully saturated rings. The smallest absolute Gasteiger partial charge is 0.201 e. The third-order valence-corrected chi connectivity index (χ3v) is 4.09. The van der Waals surface area contributed by atoms with Gasteiger partial charge in [-0.15, -0.1) is 4.91 Å². The van der Waals surface area contributed by atoms with Gasteiger partial charge < -0.3 is 20.6 Å². The number of halogens is 1. The Morgan fingerprint density at radius 3 is 2.42 bits per heavy atom. The molecule has 0 bridgehead atoms. The Balaban J connectivity index is 0.000000647. The molecule has 0 saturated heterocycles. The summed E-state index contributed by atoms with van der Waals surface area (Å²) in [5.41, 5.74) is 9.95. The maximum absolute atomic E-state index is 9.18. The number of nitrogens with zero attached hydrogens (tertiary/aromatic N) is 3. The number of anilines is 1. The number of fused-ring (bicyclic) bond motifs is 1. The quantitative estimate of drug-likeness (QED) is 0.465. The van der Waals surface area contributed by atoms with Crippen LogP contribution in [0, 0.1) is 4.91 Å². The Kier molecular flexibility index (Phi) is 6.28. The third-order valence-electron chi connectivity index (χ3n) is 3.56. The molecule has 4 N–H and O–H groups in total. The summed E-state index contributed by atoms with van der Waals surface area (Å²) in [4.78, 5) is 12.5. The summed E-state index contributed by atoms with van der Waals surface area (Å²) in [6, 6.07) is 14.0. The molecule has 0 aliphatic heterocycles. The fourth-order valence-electron chi connectivity index (χ4n) is 2.42. The Morgan fingerprint density at radius 1 is 1.17 bits per heavy atom. The van der Waals surface area contributed by atoms with Crippen LogP contribution in [-0.4, -0.2) is 19.9 Å². The fourth-order valence-corrected chi connectivity index (χ4v) is 2.68. The molecule has 7 nitrogen and oxygen atoms in total. The lowest BCUT2D eigenvalue weighted by molar-refractivity contribution is 0.282. The number of nitrogen functional groups attached to an aromatic ring is 1. The van der Waals surface area contributed by atoms with E-state index in [4.69, 9.17) is 15.8 Å². The first-order valence-corrected chi connectivity index (χ1v) is 7.95. The van der Waals surface area contributed by atoms with Crippen molar-refractivity contribution in [3.8, 4) is 0 Å². The highest BCUT2D eigenvalue weighted by Crippen LogP contribution is 2.20. The number of hydrogen-bond acceptors (Lipinski definition) is 5. The minimum Gasteiger partial charge on any atom is -0.392 e. The molecule has 0 spiro atoms. The fraction of sp³-hybridized carbons (Fsp3) is 0.188. The van der Waals surface area contributed by atoms with E-state index in [0.717, 1.165) is 34.0 Å². The summed E-state index contributed by atoms with van der Waals surface area (Å²) in [6.45, 7) is 0.796. The predicted molar refractivity (Wildman–Crippen MR) is 95.5 cm³/mol. The standard InChI is InChI=1S/C16H16BrN3O.HNO2/c17-13-4-1-11(2-5-13)7-8-20-15-6-3-12(10-21)9-14(15)19-16(20)18;2-1-3/h1-6,9,21H,7-8,10H2,(H2,18,19);(H,2,3). The molecule has 0 amide bonds. The highest BCUT2D eigenvalue weighted by atomic mass is 79.9. The van der Waals surface area contributed by atoms with E-state index in [9.17, 15) is 5.11 Å². The number of hydrogen-bond donors (Lipinski definition) is 3. The average Bonchev–Trinajstić information content (AvgIpc) is 2.89. The molecule has 24 heavy (non-hydrogen) atoms. The number of nitrogens with two attached hydrogens (primary N) is 1. The molecule has 0 radical (unpaired) electrons. The zero-order valence-electron chi connectivity index (χ0n) is 12.8. The lowest BCUT2D eigenvalue weighted by Gasteiger charge is -2.07. The van der Waals surface area contributed by atoms with Crippen LogP contribution in [0.2, 0.25) is 0 Å². The minimum absolute atomic E-state index is 0.0155. The summed E-state index contributed by atoms with van der Waals surface area (Å²) in [5, 5.41) is 17.1. The third kappa shape index (κ3) is 4.30. The van der Waals surface area contributed by atoms with Gasteiger partial charge in [0.05, 0.1) is 17.6 Å². The molecule has 1 heterocycles. The van der Waals surface area contributed by atoms with E-state index >= 15 is 0 Å². The number of aromatic nitrogens is 2. The predicted octanol–water partition coefficient (Wildman–Crippen LogP) is 3.26. The van der Waals surface area contributed by atoms with Crippen LogP contribution in [0.25, 0.3) is 11.0 Å². The Bertz CT molecular complexity index is 818. The van der Waals surface area contributed by atoms with E-state index in [1.54, 1.807) is 0 Å². The molecular weight excluding hydrogens is 376 g/mol. The van der Waals surface area contributed by atoms with Crippen LogP contribution >= 0.6 is 15.9 Å². The van der Waals surface area contributed by atoms with Gasteiger partial charge >= 0.3 is 0 Å².